The van der Waals surface area contributed by atoms with E-state index in [-0.39, 0.29) is 0 Å². The smallest absolute Gasteiger partial charge is 0.155 e. The van der Waals surface area contributed by atoms with Crippen LogP contribution in [0.4, 0.5) is 5.82 Å². The molecule has 4 aromatic rings. The van der Waals surface area contributed by atoms with Crippen LogP contribution in [0.3, 0.4) is 0 Å². The molecule has 0 bridgehead atoms. The summed E-state index contributed by atoms with van der Waals surface area (Å²) < 4.78 is 1.77. The number of hydrogen-bond acceptors (Lipinski definition) is 3. The van der Waals surface area contributed by atoms with Crippen molar-refractivity contribution in [3.8, 4) is 11.8 Å². The molecule has 2 heterocycles. The molecule has 0 atom stereocenters. The number of aromatic nitrogens is 3. The lowest BCUT2D eigenvalue weighted by atomic mass is 10.2. The lowest BCUT2D eigenvalue weighted by Gasteiger charge is -2.07. The highest BCUT2D eigenvalue weighted by molar-refractivity contribution is 6.42. The Kier molecular flexibility index (Phi) is 5.21. The van der Waals surface area contributed by atoms with Crippen LogP contribution >= 0.6 is 23.2 Å². The summed E-state index contributed by atoms with van der Waals surface area (Å²) in [5.74, 6) is 7.09. The normalized spacial score (nSPS) is 10.5. The van der Waals surface area contributed by atoms with Gasteiger partial charge in [0.05, 0.1) is 15.7 Å². The van der Waals surface area contributed by atoms with Crippen molar-refractivity contribution in [3.05, 3.63) is 93.2 Å². The maximum atomic E-state index is 6.08. The van der Waals surface area contributed by atoms with Gasteiger partial charge in [0.15, 0.2) is 5.65 Å². The highest BCUT2D eigenvalue weighted by Gasteiger charge is 2.09. The number of rotatable bonds is 3. The van der Waals surface area contributed by atoms with Crippen LogP contribution < -0.4 is 5.32 Å². The number of aryl methyl sites for hydroxylation is 1. The van der Waals surface area contributed by atoms with Gasteiger partial charge in [0.25, 0.3) is 0 Å². The van der Waals surface area contributed by atoms with Crippen LogP contribution in [0.1, 0.15) is 22.5 Å². The molecular weight excluding hydrogens is 391 g/mol. The minimum Gasteiger partial charge on any atom is -0.365 e. The lowest BCUT2D eigenvalue weighted by molar-refractivity contribution is 0.912. The number of fused-ring (bicyclic) bond motifs is 1. The fourth-order valence-corrected chi connectivity index (χ4v) is 3.10. The second-order valence-corrected chi connectivity index (χ2v) is 7.07. The molecule has 0 aliphatic heterocycles. The van der Waals surface area contributed by atoms with Gasteiger partial charge in [-0.25, -0.2) is 9.50 Å². The molecule has 0 saturated carbocycles. The number of benzene rings is 2. The average Bonchev–Trinajstić information content (AvgIpc) is 3.02. The Labute approximate surface area is 173 Å². The van der Waals surface area contributed by atoms with Gasteiger partial charge in [0.1, 0.15) is 11.5 Å². The predicted octanol–water partition coefficient (Wildman–Crippen LogP) is 5.36. The Balaban J connectivity index is 1.61. The van der Waals surface area contributed by atoms with Gasteiger partial charge in [-0.05, 0) is 54.8 Å². The minimum absolute atomic E-state index is 0.535. The van der Waals surface area contributed by atoms with Gasteiger partial charge in [-0.3, -0.25) is 0 Å². The van der Waals surface area contributed by atoms with Gasteiger partial charge in [-0.2, -0.15) is 0 Å². The first kappa shape index (κ1) is 18.4. The van der Waals surface area contributed by atoms with E-state index < -0.39 is 0 Å². The van der Waals surface area contributed by atoms with Crippen LogP contribution in [0.25, 0.3) is 5.65 Å². The molecule has 2 aromatic carbocycles. The average molecular weight is 407 g/mol. The summed E-state index contributed by atoms with van der Waals surface area (Å²) >= 11 is 12.0. The summed E-state index contributed by atoms with van der Waals surface area (Å²) in [4.78, 5) is 4.54. The topological polar surface area (TPSA) is 42.2 Å². The van der Waals surface area contributed by atoms with E-state index in [1.165, 1.54) is 0 Å². The number of halogens is 2. The van der Waals surface area contributed by atoms with E-state index in [1.807, 2.05) is 61.5 Å². The SMILES string of the molecule is Cc1nc2ccc(NCc3ccc(Cl)c(Cl)c3)nn2c1C#Cc1ccccc1. The van der Waals surface area contributed by atoms with Gasteiger partial charge < -0.3 is 5.32 Å². The molecule has 0 amide bonds. The molecule has 0 aliphatic carbocycles. The van der Waals surface area contributed by atoms with E-state index in [2.05, 4.69) is 27.2 Å². The Bertz CT molecular complexity index is 1200. The molecule has 28 heavy (non-hydrogen) atoms. The Morgan fingerprint density at radius 3 is 2.57 bits per heavy atom. The van der Waals surface area contributed by atoms with Crippen molar-refractivity contribution in [3.63, 3.8) is 0 Å². The number of imidazole rings is 1. The molecule has 0 saturated heterocycles. The Morgan fingerprint density at radius 2 is 1.79 bits per heavy atom. The van der Waals surface area contributed by atoms with Crippen LogP contribution in [0, 0.1) is 18.8 Å². The van der Waals surface area contributed by atoms with Crippen LogP contribution in [0.5, 0.6) is 0 Å². The predicted molar refractivity (Wildman–Crippen MR) is 114 cm³/mol. The number of anilines is 1. The Hall–Kier alpha value is -3.00. The van der Waals surface area contributed by atoms with E-state index in [1.54, 1.807) is 10.6 Å². The van der Waals surface area contributed by atoms with Gasteiger partial charge in [0.2, 0.25) is 0 Å². The third kappa shape index (κ3) is 3.96. The molecule has 0 unspecified atom stereocenters. The summed E-state index contributed by atoms with van der Waals surface area (Å²) in [6, 6.07) is 19.2. The molecule has 4 nitrogen and oxygen atoms in total. The molecule has 138 valence electrons. The molecule has 1 N–H and O–H groups in total. The van der Waals surface area contributed by atoms with Crippen molar-refractivity contribution >= 4 is 34.7 Å². The van der Waals surface area contributed by atoms with Crippen molar-refractivity contribution in [1.29, 1.82) is 0 Å². The summed E-state index contributed by atoms with van der Waals surface area (Å²) in [5.41, 5.74) is 4.34. The van der Waals surface area contributed by atoms with Crippen LogP contribution in [-0.2, 0) is 6.54 Å². The molecule has 6 heteroatoms. The van der Waals surface area contributed by atoms with E-state index >= 15 is 0 Å². The van der Waals surface area contributed by atoms with E-state index in [0.29, 0.717) is 16.6 Å². The minimum atomic E-state index is 0.535. The molecule has 0 radical (unpaired) electrons. The summed E-state index contributed by atoms with van der Waals surface area (Å²) in [5, 5.41) is 9.02. The maximum absolute atomic E-state index is 6.08. The summed E-state index contributed by atoms with van der Waals surface area (Å²) in [7, 11) is 0. The van der Waals surface area contributed by atoms with Crippen LogP contribution in [0.2, 0.25) is 10.0 Å². The largest absolute Gasteiger partial charge is 0.365 e. The number of nitrogens with zero attached hydrogens (tertiary/aromatic N) is 3. The highest BCUT2D eigenvalue weighted by Crippen LogP contribution is 2.23. The lowest BCUT2D eigenvalue weighted by Crippen LogP contribution is -2.05. The third-order valence-electron chi connectivity index (χ3n) is 4.21. The van der Waals surface area contributed by atoms with Crippen molar-refractivity contribution < 1.29 is 0 Å². The van der Waals surface area contributed by atoms with Gasteiger partial charge in [-0.15, -0.1) is 5.10 Å². The zero-order chi connectivity index (χ0) is 19.5. The molecule has 2 aromatic heterocycles. The summed E-state index contributed by atoms with van der Waals surface area (Å²) in [6.45, 7) is 2.51. The second kappa shape index (κ2) is 7.93. The van der Waals surface area contributed by atoms with E-state index in [9.17, 15) is 0 Å². The fourth-order valence-electron chi connectivity index (χ4n) is 2.78. The van der Waals surface area contributed by atoms with Crippen LogP contribution in [-0.4, -0.2) is 14.6 Å². The number of hydrogen-bond donors (Lipinski definition) is 1. The third-order valence-corrected chi connectivity index (χ3v) is 4.95. The first-order valence-corrected chi connectivity index (χ1v) is 9.47. The first-order chi connectivity index (χ1) is 13.6. The van der Waals surface area contributed by atoms with E-state index in [4.69, 9.17) is 23.2 Å². The van der Waals surface area contributed by atoms with Gasteiger partial charge in [-0.1, -0.05) is 53.4 Å². The molecule has 0 aliphatic rings. The number of nitrogens with one attached hydrogen (secondary N) is 1. The monoisotopic (exact) mass is 406 g/mol. The fraction of sp³-hybridized carbons (Fsp3) is 0.0909. The molecule has 0 fully saturated rings. The molecule has 0 spiro atoms. The standard InChI is InChI=1S/C22H16Cl2N4/c1-15-20(10-8-16-5-3-2-4-6-16)28-22(26-15)12-11-21(27-28)25-14-17-7-9-18(23)19(24)13-17/h2-7,9,11-13H,14H2,1H3,(H,25,27). The summed E-state index contributed by atoms with van der Waals surface area (Å²) in [6.07, 6.45) is 0. The van der Waals surface area contributed by atoms with Crippen molar-refractivity contribution in [1.82, 2.24) is 14.6 Å². The second-order valence-electron chi connectivity index (χ2n) is 6.25. The van der Waals surface area contributed by atoms with Gasteiger partial charge in [0, 0.05) is 12.1 Å². The quantitative estimate of drug-likeness (QED) is 0.465. The highest BCUT2D eigenvalue weighted by atomic mass is 35.5. The molecule has 4 rings (SSSR count). The van der Waals surface area contributed by atoms with E-state index in [0.717, 1.165) is 34.0 Å². The van der Waals surface area contributed by atoms with Crippen LogP contribution in [0.15, 0.2) is 60.7 Å². The Morgan fingerprint density at radius 1 is 0.964 bits per heavy atom. The van der Waals surface area contributed by atoms with Gasteiger partial charge >= 0.3 is 0 Å². The molecular formula is C22H16Cl2N4. The van der Waals surface area contributed by atoms with Crippen molar-refractivity contribution in [2.75, 3.05) is 5.32 Å². The van der Waals surface area contributed by atoms with Crippen molar-refractivity contribution in [2.45, 2.75) is 13.5 Å². The van der Waals surface area contributed by atoms with Crippen molar-refractivity contribution in [2.24, 2.45) is 0 Å². The zero-order valence-electron chi connectivity index (χ0n) is 15.1. The first-order valence-electron chi connectivity index (χ1n) is 8.71. The zero-order valence-corrected chi connectivity index (χ0v) is 16.6. The maximum Gasteiger partial charge on any atom is 0.155 e.